The Kier molecular flexibility index (Phi) is 7.33. The zero-order chi connectivity index (χ0) is 14.3. The Morgan fingerprint density at radius 1 is 1.26 bits per heavy atom. The summed E-state index contributed by atoms with van der Waals surface area (Å²) in [6.07, 6.45) is 9.26. The highest BCUT2D eigenvalue weighted by atomic mass is 15.3. The normalized spacial score (nSPS) is 24.6. The minimum Gasteiger partial charge on any atom is -0.329 e. The van der Waals surface area contributed by atoms with Crippen LogP contribution in [0.5, 0.6) is 0 Å². The van der Waals surface area contributed by atoms with Crippen LogP contribution in [0.1, 0.15) is 58.8 Å². The van der Waals surface area contributed by atoms with Gasteiger partial charge in [-0.3, -0.25) is 4.90 Å². The second-order valence-corrected chi connectivity index (χ2v) is 6.72. The Hall–Kier alpha value is -0.120. The van der Waals surface area contributed by atoms with Gasteiger partial charge in [-0.25, -0.2) is 0 Å². The number of piperidine rings is 1. The Labute approximate surface area is 120 Å². The summed E-state index contributed by atoms with van der Waals surface area (Å²) in [6, 6.07) is 0.704. The molecule has 0 aliphatic carbocycles. The van der Waals surface area contributed by atoms with E-state index in [1.54, 1.807) is 0 Å². The Bertz CT molecular complexity index is 242. The molecule has 0 spiro atoms. The van der Waals surface area contributed by atoms with E-state index in [9.17, 15) is 0 Å². The smallest absolute Gasteiger partial charge is 0.0304 e. The molecule has 2 unspecified atom stereocenters. The van der Waals surface area contributed by atoms with Gasteiger partial charge in [0.15, 0.2) is 0 Å². The van der Waals surface area contributed by atoms with Crippen molar-refractivity contribution >= 4 is 0 Å². The molecular formula is C16H35N3. The minimum atomic E-state index is 0.211. The minimum absolute atomic E-state index is 0.211. The number of nitrogens with zero attached hydrogens (tertiary/aromatic N) is 2. The SMILES string of the molecule is CCCCCCC(C)(CN)N1CCCC(N(C)C)C1. The largest absolute Gasteiger partial charge is 0.329 e. The first kappa shape index (κ1) is 16.9. The van der Waals surface area contributed by atoms with E-state index in [0.29, 0.717) is 6.04 Å². The summed E-state index contributed by atoms with van der Waals surface area (Å²) >= 11 is 0. The lowest BCUT2D eigenvalue weighted by atomic mass is 9.89. The van der Waals surface area contributed by atoms with Gasteiger partial charge in [-0.1, -0.05) is 32.6 Å². The van der Waals surface area contributed by atoms with Crippen molar-refractivity contribution < 1.29 is 0 Å². The zero-order valence-electron chi connectivity index (χ0n) is 13.6. The molecule has 3 heteroatoms. The van der Waals surface area contributed by atoms with E-state index in [2.05, 4.69) is 37.7 Å². The Morgan fingerprint density at radius 3 is 2.58 bits per heavy atom. The van der Waals surface area contributed by atoms with Crippen LogP contribution in [-0.2, 0) is 0 Å². The van der Waals surface area contributed by atoms with Crippen molar-refractivity contribution in [1.82, 2.24) is 9.80 Å². The molecule has 19 heavy (non-hydrogen) atoms. The van der Waals surface area contributed by atoms with Gasteiger partial charge in [0.05, 0.1) is 0 Å². The number of rotatable bonds is 8. The summed E-state index contributed by atoms with van der Waals surface area (Å²) in [5.74, 6) is 0. The lowest BCUT2D eigenvalue weighted by molar-refractivity contribution is 0.0388. The van der Waals surface area contributed by atoms with E-state index < -0.39 is 0 Å². The van der Waals surface area contributed by atoms with Gasteiger partial charge in [0.25, 0.3) is 0 Å². The standard InChI is InChI=1S/C16H35N3/c1-5-6-7-8-11-16(2,14-17)19-12-9-10-15(13-19)18(3)4/h15H,5-14,17H2,1-4H3. The Morgan fingerprint density at radius 2 is 2.00 bits per heavy atom. The molecule has 0 aromatic carbocycles. The van der Waals surface area contributed by atoms with Crippen molar-refractivity contribution in [2.75, 3.05) is 33.7 Å². The van der Waals surface area contributed by atoms with Crippen molar-refractivity contribution in [3.63, 3.8) is 0 Å². The number of unbranched alkanes of at least 4 members (excludes halogenated alkanes) is 3. The maximum Gasteiger partial charge on any atom is 0.0304 e. The summed E-state index contributed by atoms with van der Waals surface area (Å²) in [5, 5.41) is 0. The van der Waals surface area contributed by atoms with Crippen molar-refractivity contribution in [2.24, 2.45) is 5.73 Å². The van der Waals surface area contributed by atoms with Gasteiger partial charge in [0.1, 0.15) is 0 Å². The number of likely N-dealkylation sites (tertiary alicyclic amines) is 1. The van der Waals surface area contributed by atoms with Crippen LogP contribution in [0.25, 0.3) is 0 Å². The van der Waals surface area contributed by atoms with E-state index in [1.165, 1.54) is 58.0 Å². The van der Waals surface area contributed by atoms with Gasteiger partial charge >= 0.3 is 0 Å². The van der Waals surface area contributed by atoms with Gasteiger partial charge in [0, 0.05) is 24.7 Å². The molecule has 1 saturated heterocycles. The van der Waals surface area contributed by atoms with Crippen molar-refractivity contribution in [3.8, 4) is 0 Å². The Balaban J connectivity index is 2.51. The fourth-order valence-corrected chi connectivity index (χ4v) is 3.19. The lowest BCUT2D eigenvalue weighted by Crippen LogP contribution is -2.58. The van der Waals surface area contributed by atoms with E-state index in [4.69, 9.17) is 5.73 Å². The van der Waals surface area contributed by atoms with Crippen LogP contribution in [0.3, 0.4) is 0 Å². The quantitative estimate of drug-likeness (QED) is 0.688. The molecule has 1 rings (SSSR count). The lowest BCUT2D eigenvalue weighted by Gasteiger charge is -2.46. The van der Waals surface area contributed by atoms with Gasteiger partial charge in [-0.2, -0.15) is 0 Å². The van der Waals surface area contributed by atoms with Crippen LogP contribution in [0, 0.1) is 0 Å². The number of hydrogen-bond donors (Lipinski definition) is 1. The highest BCUT2D eigenvalue weighted by Crippen LogP contribution is 2.26. The van der Waals surface area contributed by atoms with E-state index in [0.717, 1.165) is 6.54 Å². The fourth-order valence-electron chi connectivity index (χ4n) is 3.19. The summed E-state index contributed by atoms with van der Waals surface area (Å²) < 4.78 is 0. The van der Waals surface area contributed by atoms with Crippen LogP contribution in [0.4, 0.5) is 0 Å². The van der Waals surface area contributed by atoms with Crippen molar-refractivity contribution in [3.05, 3.63) is 0 Å². The van der Waals surface area contributed by atoms with E-state index in [1.807, 2.05) is 0 Å². The third kappa shape index (κ3) is 5.05. The predicted molar refractivity (Wildman–Crippen MR) is 84.5 cm³/mol. The molecule has 0 radical (unpaired) electrons. The molecule has 114 valence electrons. The average molecular weight is 269 g/mol. The molecule has 1 aliphatic rings. The highest BCUT2D eigenvalue weighted by Gasteiger charge is 2.34. The molecule has 0 aromatic heterocycles. The van der Waals surface area contributed by atoms with Gasteiger partial charge in [-0.15, -0.1) is 0 Å². The maximum atomic E-state index is 6.12. The molecule has 1 fully saturated rings. The van der Waals surface area contributed by atoms with Crippen molar-refractivity contribution in [1.29, 1.82) is 0 Å². The maximum absolute atomic E-state index is 6.12. The van der Waals surface area contributed by atoms with Gasteiger partial charge in [0.2, 0.25) is 0 Å². The molecule has 0 bridgehead atoms. The van der Waals surface area contributed by atoms with E-state index in [-0.39, 0.29) is 5.54 Å². The summed E-state index contributed by atoms with van der Waals surface area (Å²) in [6.45, 7) is 7.85. The first-order valence-corrected chi connectivity index (χ1v) is 8.15. The van der Waals surface area contributed by atoms with Crippen LogP contribution in [-0.4, -0.2) is 55.1 Å². The summed E-state index contributed by atoms with van der Waals surface area (Å²) in [4.78, 5) is 5.04. The summed E-state index contributed by atoms with van der Waals surface area (Å²) in [5.41, 5.74) is 6.33. The predicted octanol–water partition coefficient (Wildman–Crippen LogP) is 2.70. The third-order valence-electron chi connectivity index (χ3n) is 4.90. The molecule has 0 amide bonds. The summed E-state index contributed by atoms with van der Waals surface area (Å²) in [7, 11) is 4.41. The zero-order valence-corrected chi connectivity index (χ0v) is 13.6. The topological polar surface area (TPSA) is 32.5 Å². The van der Waals surface area contributed by atoms with Gasteiger partial charge in [-0.05, 0) is 46.8 Å². The highest BCUT2D eigenvalue weighted by molar-refractivity contribution is 4.92. The second-order valence-electron chi connectivity index (χ2n) is 6.72. The molecule has 1 heterocycles. The monoisotopic (exact) mass is 269 g/mol. The van der Waals surface area contributed by atoms with E-state index >= 15 is 0 Å². The molecule has 2 atom stereocenters. The first-order chi connectivity index (χ1) is 9.03. The van der Waals surface area contributed by atoms with Gasteiger partial charge < -0.3 is 10.6 Å². The average Bonchev–Trinajstić information content (AvgIpc) is 2.43. The number of nitrogens with two attached hydrogens (primary N) is 1. The van der Waals surface area contributed by atoms with Crippen LogP contribution in [0.2, 0.25) is 0 Å². The van der Waals surface area contributed by atoms with Crippen LogP contribution in [0.15, 0.2) is 0 Å². The molecule has 1 aliphatic heterocycles. The molecule has 0 saturated carbocycles. The molecule has 3 nitrogen and oxygen atoms in total. The van der Waals surface area contributed by atoms with Crippen molar-refractivity contribution in [2.45, 2.75) is 70.4 Å². The molecular weight excluding hydrogens is 234 g/mol. The molecule has 0 aromatic rings. The van der Waals surface area contributed by atoms with Crippen LogP contribution >= 0.6 is 0 Å². The third-order valence-corrected chi connectivity index (χ3v) is 4.90. The number of likely N-dealkylation sites (N-methyl/N-ethyl adjacent to an activating group) is 1. The second kappa shape index (κ2) is 8.23. The number of hydrogen-bond acceptors (Lipinski definition) is 3. The molecule has 2 N–H and O–H groups in total. The first-order valence-electron chi connectivity index (χ1n) is 8.15. The van der Waals surface area contributed by atoms with Crippen LogP contribution < -0.4 is 5.73 Å². The fraction of sp³-hybridized carbons (Fsp3) is 1.00.